The fourth-order valence-corrected chi connectivity index (χ4v) is 3.82. The highest BCUT2D eigenvalue weighted by Gasteiger charge is 2.32. The number of hydrogen-bond acceptors (Lipinski definition) is 8. The molecule has 0 aliphatic carbocycles. The number of rotatable bonds is 8. The van der Waals surface area contributed by atoms with Gasteiger partial charge in [-0.05, 0) is 18.1 Å². The van der Waals surface area contributed by atoms with Crippen LogP contribution < -0.4 is 5.32 Å². The molecular weight excluding hydrogens is 484 g/mol. The van der Waals surface area contributed by atoms with Crippen LogP contribution in [0.5, 0.6) is 0 Å². The monoisotopic (exact) mass is 509 g/mol. The number of ether oxygens (including phenoxy) is 1. The summed E-state index contributed by atoms with van der Waals surface area (Å²) >= 11 is 0. The molecule has 0 radical (unpaired) electrons. The van der Waals surface area contributed by atoms with Crippen molar-refractivity contribution >= 4 is 11.9 Å². The minimum Gasteiger partial charge on any atom is -0.449 e. The van der Waals surface area contributed by atoms with Gasteiger partial charge in [0.25, 0.3) is 0 Å². The Morgan fingerprint density at radius 1 is 1.19 bits per heavy atom. The van der Waals surface area contributed by atoms with E-state index in [2.05, 4.69) is 25.5 Å². The van der Waals surface area contributed by atoms with E-state index in [9.17, 15) is 13.6 Å². The van der Waals surface area contributed by atoms with E-state index < -0.39 is 11.9 Å². The molecule has 1 N–H and O–H groups in total. The van der Waals surface area contributed by atoms with Gasteiger partial charge in [-0.15, -0.1) is 0 Å². The zero-order valence-corrected chi connectivity index (χ0v) is 20.3. The van der Waals surface area contributed by atoms with Gasteiger partial charge in [-0.2, -0.15) is 5.10 Å². The zero-order valence-electron chi connectivity index (χ0n) is 20.3. The van der Waals surface area contributed by atoms with E-state index in [0.717, 1.165) is 6.20 Å². The molecule has 0 unspecified atom stereocenters. The molecule has 0 spiro atoms. The van der Waals surface area contributed by atoms with E-state index in [1.54, 1.807) is 35.0 Å². The van der Waals surface area contributed by atoms with E-state index >= 15 is 0 Å². The van der Waals surface area contributed by atoms with E-state index in [-0.39, 0.29) is 36.0 Å². The minimum absolute atomic E-state index is 0.00293. The van der Waals surface area contributed by atoms with Gasteiger partial charge < -0.3 is 19.5 Å². The number of carbonyl (C=O) groups excluding carboxylic acids is 1. The third-order valence-corrected chi connectivity index (χ3v) is 5.75. The van der Waals surface area contributed by atoms with Crippen molar-refractivity contribution < 1.29 is 22.8 Å². The van der Waals surface area contributed by atoms with Gasteiger partial charge in [0.05, 0.1) is 31.1 Å². The predicted octanol–water partition coefficient (Wildman–Crippen LogP) is 4.21. The molecule has 1 aromatic carbocycles. The standard InChI is InChI=1S/C25H25F2N7O3/c1-15(2)14-36-25(35)33-12-17(13-33)29-23-19(27)10-28-24(30-23)21-9-22(20-7-8-37-32-20)34(31-21)11-16-5-3-4-6-18(16)26/h3-10,15,17H,11-14H2,1-2H3,(H,28,29,30). The van der Waals surface area contributed by atoms with Crippen LogP contribution in [0.25, 0.3) is 22.9 Å². The molecule has 0 bridgehead atoms. The number of nitrogens with zero attached hydrogens (tertiary/aromatic N) is 6. The van der Waals surface area contributed by atoms with Crippen molar-refractivity contribution in [2.24, 2.45) is 5.92 Å². The zero-order chi connectivity index (χ0) is 25.9. The summed E-state index contributed by atoms with van der Waals surface area (Å²) in [5, 5.41) is 11.5. The van der Waals surface area contributed by atoms with Gasteiger partial charge in [0.2, 0.25) is 0 Å². The number of carbonyl (C=O) groups is 1. The normalized spacial score (nSPS) is 13.6. The van der Waals surface area contributed by atoms with E-state index in [4.69, 9.17) is 9.26 Å². The van der Waals surface area contributed by atoms with Crippen LogP contribution in [-0.4, -0.2) is 61.6 Å². The Morgan fingerprint density at radius 2 is 2.00 bits per heavy atom. The van der Waals surface area contributed by atoms with E-state index in [0.29, 0.717) is 42.3 Å². The summed E-state index contributed by atoms with van der Waals surface area (Å²) in [6.07, 6.45) is 2.09. The van der Waals surface area contributed by atoms with Gasteiger partial charge in [-0.3, -0.25) is 4.68 Å². The summed E-state index contributed by atoms with van der Waals surface area (Å²) in [4.78, 5) is 22.0. The van der Waals surface area contributed by atoms with Crippen molar-refractivity contribution in [3.05, 3.63) is 66.1 Å². The van der Waals surface area contributed by atoms with Crippen LogP contribution in [0, 0.1) is 17.6 Å². The number of aromatic nitrogens is 5. The average molecular weight is 510 g/mol. The van der Waals surface area contributed by atoms with Gasteiger partial charge in [0.1, 0.15) is 23.5 Å². The molecule has 1 fully saturated rings. The molecule has 12 heteroatoms. The van der Waals surface area contributed by atoms with Crippen LogP contribution in [-0.2, 0) is 11.3 Å². The largest absolute Gasteiger partial charge is 0.449 e. The predicted molar refractivity (Wildman–Crippen MR) is 129 cm³/mol. The minimum atomic E-state index is -0.632. The highest BCUT2D eigenvalue weighted by Crippen LogP contribution is 2.26. The Morgan fingerprint density at radius 3 is 2.73 bits per heavy atom. The van der Waals surface area contributed by atoms with Crippen molar-refractivity contribution in [1.29, 1.82) is 0 Å². The van der Waals surface area contributed by atoms with E-state index in [1.807, 2.05) is 13.8 Å². The van der Waals surface area contributed by atoms with Crippen LogP contribution in [0.15, 0.2) is 53.4 Å². The summed E-state index contributed by atoms with van der Waals surface area (Å²) in [6, 6.07) is 9.56. The second-order valence-electron chi connectivity index (χ2n) is 9.16. The molecule has 1 saturated heterocycles. The van der Waals surface area contributed by atoms with Gasteiger partial charge in [-0.25, -0.2) is 23.5 Å². The number of halogens is 2. The number of anilines is 1. The third kappa shape index (κ3) is 5.42. The van der Waals surface area contributed by atoms with Gasteiger partial charge >= 0.3 is 6.09 Å². The highest BCUT2D eigenvalue weighted by atomic mass is 19.1. The van der Waals surface area contributed by atoms with Crippen molar-refractivity contribution in [1.82, 2.24) is 29.8 Å². The lowest BCUT2D eigenvalue weighted by Gasteiger charge is -2.38. The molecule has 1 aliphatic rings. The SMILES string of the molecule is CC(C)COC(=O)N1CC(Nc2nc(-c3cc(-c4ccon4)n(Cc4ccccc4F)n3)ncc2F)C1. The third-order valence-electron chi connectivity index (χ3n) is 5.75. The van der Waals surface area contributed by atoms with Gasteiger partial charge in [0, 0.05) is 24.7 Å². The van der Waals surface area contributed by atoms with Crippen LogP contribution in [0.1, 0.15) is 19.4 Å². The fourth-order valence-electron chi connectivity index (χ4n) is 3.82. The topological polar surface area (TPSA) is 111 Å². The molecule has 10 nitrogen and oxygen atoms in total. The van der Waals surface area contributed by atoms with Crippen molar-refractivity contribution in [2.45, 2.75) is 26.4 Å². The fraction of sp³-hybridized carbons (Fsp3) is 0.320. The Bertz CT molecular complexity index is 1380. The Kier molecular flexibility index (Phi) is 6.80. The van der Waals surface area contributed by atoms with Crippen LogP contribution in [0.4, 0.5) is 19.4 Å². The number of nitrogens with one attached hydrogen (secondary N) is 1. The second-order valence-corrected chi connectivity index (χ2v) is 9.16. The molecule has 1 amide bonds. The Labute approximate surface area is 211 Å². The quantitative estimate of drug-likeness (QED) is 0.376. The lowest BCUT2D eigenvalue weighted by molar-refractivity contribution is 0.0676. The first kappa shape index (κ1) is 24.3. The molecule has 192 valence electrons. The first-order valence-electron chi connectivity index (χ1n) is 11.8. The Balaban J connectivity index is 1.34. The van der Waals surface area contributed by atoms with Crippen LogP contribution >= 0.6 is 0 Å². The molecule has 3 aromatic heterocycles. The van der Waals surface area contributed by atoms with Gasteiger partial charge in [-0.1, -0.05) is 37.2 Å². The molecule has 1 aliphatic heterocycles. The van der Waals surface area contributed by atoms with Crippen LogP contribution in [0.3, 0.4) is 0 Å². The summed E-state index contributed by atoms with van der Waals surface area (Å²) in [5.41, 5.74) is 1.84. The van der Waals surface area contributed by atoms with Crippen molar-refractivity contribution in [3.63, 3.8) is 0 Å². The summed E-state index contributed by atoms with van der Waals surface area (Å²) in [6.45, 7) is 5.12. The van der Waals surface area contributed by atoms with E-state index in [1.165, 1.54) is 17.2 Å². The highest BCUT2D eigenvalue weighted by molar-refractivity contribution is 5.69. The van der Waals surface area contributed by atoms with Crippen molar-refractivity contribution in [3.8, 4) is 22.9 Å². The average Bonchev–Trinajstić information content (AvgIpc) is 3.52. The lowest BCUT2D eigenvalue weighted by atomic mass is 10.1. The lowest BCUT2D eigenvalue weighted by Crippen LogP contribution is -2.57. The molecular formula is C25H25F2N7O3. The molecule has 4 heterocycles. The maximum Gasteiger partial charge on any atom is 0.409 e. The summed E-state index contributed by atoms with van der Waals surface area (Å²) < 4.78 is 40.6. The maximum atomic E-state index is 14.5. The van der Waals surface area contributed by atoms with Gasteiger partial charge in [0.15, 0.2) is 17.5 Å². The summed E-state index contributed by atoms with van der Waals surface area (Å²) in [5.74, 6) is -0.581. The number of benzene rings is 1. The van der Waals surface area contributed by atoms with Crippen molar-refractivity contribution in [2.75, 3.05) is 25.0 Å². The van der Waals surface area contributed by atoms with Crippen LogP contribution in [0.2, 0.25) is 0 Å². The first-order valence-corrected chi connectivity index (χ1v) is 11.8. The molecule has 5 rings (SSSR count). The number of hydrogen-bond donors (Lipinski definition) is 1. The molecule has 37 heavy (non-hydrogen) atoms. The summed E-state index contributed by atoms with van der Waals surface area (Å²) in [7, 11) is 0. The molecule has 4 aromatic rings. The molecule has 0 saturated carbocycles. The first-order chi connectivity index (χ1) is 17.9. The number of likely N-dealkylation sites (tertiary alicyclic amines) is 1. The second kappa shape index (κ2) is 10.3. The maximum absolute atomic E-state index is 14.5. The Hall–Kier alpha value is -4.35. The number of amides is 1. The smallest absolute Gasteiger partial charge is 0.409 e. The molecule has 0 atom stereocenters.